The van der Waals surface area contributed by atoms with Gasteiger partial charge in [-0.25, -0.2) is 4.79 Å². The minimum absolute atomic E-state index is 0.139. The lowest BCUT2D eigenvalue weighted by Gasteiger charge is -2.19. The summed E-state index contributed by atoms with van der Waals surface area (Å²) < 4.78 is 12.3. The van der Waals surface area contributed by atoms with Crippen molar-refractivity contribution in [3.05, 3.63) is 50.6 Å². The monoisotopic (exact) mass is 400 g/mol. The maximum Gasteiger partial charge on any atom is 0.360 e. The van der Waals surface area contributed by atoms with Gasteiger partial charge in [-0.05, 0) is 58.4 Å². The Morgan fingerprint density at radius 2 is 1.89 bits per heavy atom. The molecule has 0 atom stereocenters. The van der Waals surface area contributed by atoms with Gasteiger partial charge in [0.1, 0.15) is 11.4 Å². The van der Waals surface area contributed by atoms with E-state index in [4.69, 9.17) is 9.47 Å². The lowest BCUT2D eigenvalue weighted by atomic mass is 10.1. The number of aromatic nitrogens is 2. The topological polar surface area (TPSA) is 70.4 Å². The molecule has 0 saturated carbocycles. The van der Waals surface area contributed by atoms with Crippen molar-refractivity contribution in [1.82, 2.24) is 9.78 Å². The van der Waals surface area contributed by atoms with E-state index < -0.39 is 11.6 Å². The van der Waals surface area contributed by atoms with Gasteiger partial charge in [-0.3, -0.25) is 4.79 Å². The van der Waals surface area contributed by atoms with Crippen LogP contribution >= 0.6 is 11.3 Å². The first kappa shape index (κ1) is 20.1. The van der Waals surface area contributed by atoms with Crippen molar-refractivity contribution in [2.24, 2.45) is 0 Å². The number of fused-ring (bicyclic) bond motifs is 1. The highest BCUT2D eigenvalue weighted by Crippen LogP contribution is 2.26. The Kier molecular flexibility index (Phi) is 5.56. The van der Waals surface area contributed by atoms with Crippen molar-refractivity contribution >= 4 is 28.1 Å². The third kappa shape index (κ3) is 4.09. The average Bonchev–Trinajstić information content (AvgIpc) is 3.01. The summed E-state index contributed by atoms with van der Waals surface area (Å²) in [5.74, 6) is 0.172. The van der Waals surface area contributed by atoms with Gasteiger partial charge >= 0.3 is 5.97 Å². The Bertz CT molecular complexity index is 1060. The molecule has 28 heavy (non-hydrogen) atoms. The number of aryl methyl sites for hydroxylation is 1. The zero-order valence-electron chi connectivity index (χ0n) is 16.7. The standard InChI is InChI=1S/C21H24N2O4S/c1-6-11-26-15-9-7-14(8-10-15)23-19(24)17-13(2)28-12-16(17)18(22-23)20(25)27-21(3,4)5/h7-10,12H,6,11H2,1-5H3. The van der Waals surface area contributed by atoms with Crippen LogP contribution in [0.1, 0.15) is 49.5 Å². The molecule has 0 unspecified atom stereocenters. The second kappa shape index (κ2) is 7.75. The SMILES string of the molecule is CCCOc1ccc(-n2nc(C(=O)OC(C)(C)C)c3csc(C)c3c2=O)cc1. The second-order valence-corrected chi connectivity index (χ2v) is 8.57. The molecular formula is C21H24N2O4S. The molecule has 0 aliphatic rings. The summed E-state index contributed by atoms with van der Waals surface area (Å²) in [4.78, 5) is 26.6. The quantitative estimate of drug-likeness (QED) is 0.590. The van der Waals surface area contributed by atoms with Gasteiger partial charge in [-0.15, -0.1) is 11.3 Å². The van der Waals surface area contributed by atoms with Crippen LogP contribution in [0.25, 0.3) is 16.5 Å². The highest BCUT2D eigenvalue weighted by Gasteiger charge is 2.25. The molecule has 0 spiro atoms. The third-order valence-electron chi connectivity index (χ3n) is 3.98. The molecule has 2 heterocycles. The zero-order valence-corrected chi connectivity index (χ0v) is 17.6. The second-order valence-electron chi connectivity index (χ2n) is 7.49. The van der Waals surface area contributed by atoms with Gasteiger partial charge in [-0.1, -0.05) is 6.92 Å². The van der Waals surface area contributed by atoms with Crippen LogP contribution in [0.5, 0.6) is 5.75 Å². The van der Waals surface area contributed by atoms with E-state index in [9.17, 15) is 9.59 Å². The van der Waals surface area contributed by atoms with Crippen LogP contribution in [0.4, 0.5) is 0 Å². The van der Waals surface area contributed by atoms with Crippen LogP contribution in [0, 0.1) is 6.92 Å². The van der Waals surface area contributed by atoms with E-state index in [1.807, 2.05) is 13.8 Å². The molecule has 0 N–H and O–H groups in total. The molecule has 0 saturated heterocycles. The Hall–Kier alpha value is -2.67. The maximum atomic E-state index is 13.1. The molecule has 148 valence electrons. The molecule has 3 rings (SSSR count). The number of thiophene rings is 1. The van der Waals surface area contributed by atoms with E-state index in [1.165, 1.54) is 16.0 Å². The number of benzene rings is 1. The van der Waals surface area contributed by atoms with E-state index in [2.05, 4.69) is 5.10 Å². The van der Waals surface area contributed by atoms with E-state index in [-0.39, 0.29) is 11.3 Å². The Morgan fingerprint density at radius 1 is 1.21 bits per heavy atom. The van der Waals surface area contributed by atoms with Crippen molar-refractivity contribution in [2.45, 2.75) is 46.6 Å². The Labute approximate surface area is 167 Å². The smallest absolute Gasteiger partial charge is 0.360 e. The fraction of sp³-hybridized carbons (Fsp3) is 0.381. The molecule has 0 fully saturated rings. The molecule has 0 bridgehead atoms. The fourth-order valence-corrected chi connectivity index (χ4v) is 3.59. The average molecular weight is 401 g/mol. The van der Waals surface area contributed by atoms with Crippen molar-refractivity contribution in [3.63, 3.8) is 0 Å². The number of ether oxygens (including phenoxy) is 2. The molecule has 7 heteroatoms. The van der Waals surface area contributed by atoms with Crippen LogP contribution in [0.3, 0.4) is 0 Å². The molecule has 0 amide bonds. The molecule has 0 aliphatic carbocycles. The summed E-state index contributed by atoms with van der Waals surface area (Å²) in [6.07, 6.45) is 0.913. The lowest BCUT2D eigenvalue weighted by Crippen LogP contribution is -2.28. The number of hydrogen-bond acceptors (Lipinski definition) is 6. The summed E-state index contributed by atoms with van der Waals surface area (Å²) in [5.41, 5.74) is -0.218. The predicted molar refractivity (Wildman–Crippen MR) is 111 cm³/mol. The fourth-order valence-electron chi connectivity index (χ4n) is 2.76. The highest BCUT2D eigenvalue weighted by molar-refractivity contribution is 7.11. The summed E-state index contributed by atoms with van der Waals surface area (Å²) in [6.45, 7) is 9.91. The van der Waals surface area contributed by atoms with Crippen LogP contribution in [0.2, 0.25) is 0 Å². The third-order valence-corrected chi connectivity index (χ3v) is 4.89. The summed E-state index contributed by atoms with van der Waals surface area (Å²) in [5, 5.41) is 7.16. The van der Waals surface area contributed by atoms with E-state index in [1.54, 1.807) is 50.4 Å². The summed E-state index contributed by atoms with van der Waals surface area (Å²) in [7, 11) is 0. The number of carbonyl (C=O) groups is 1. The van der Waals surface area contributed by atoms with Crippen molar-refractivity contribution in [1.29, 1.82) is 0 Å². The van der Waals surface area contributed by atoms with Crippen LogP contribution in [-0.2, 0) is 4.74 Å². The minimum atomic E-state index is -0.657. The number of rotatable bonds is 5. The molecular weight excluding hydrogens is 376 g/mol. The van der Waals surface area contributed by atoms with Crippen LogP contribution < -0.4 is 10.3 Å². The van der Waals surface area contributed by atoms with Crippen molar-refractivity contribution < 1.29 is 14.3 Å². The predicted octanol–water partition coefficient (Wildman–Crippen LogP) is 4.50. The van der Waals surface area contributed by atoms with E-state index >= 15 is 0 Å². The summed E-state index contributed by atoms with van der Waals surface area (Å²) >= 11 is 1.42. The molecule has 2 aromatic heterocycles. The van der Waals surface area contributed by atoms with Crippen LogP contribution in [-0.4, -0.2) is 28.0 Å². The first-order valence-electron chi connectivity index (χ1n) is 9.19. The number of hydrogen-bond donors (Lipinski definition) is 0. The zero-order chi connectivity index (χ0) is 20.5. The molecule has 1 aromatic carbocycles. The molecule has 0 aliphatic heterocycles. The first-order chi connectivity index (χ1) is 13.2. The van der Waals surface area contributed by atoms with Gasteiger partial charge < -0.3 is 9.47 Å². The van der Waals surface area contributed by atoms with Gasteiger partial charge in [0.2, 0.25) is 0 Å². The molecule has 3 aromatic rings. The molecule has 0 radical (unpaired) electrons. The van der Waals surface area contributed by atoms with Crippen molar-refractivity contribution in [2.75, 3.05) is 6.61 Å². The van der Waals surface area contributed by atoms with Gasteiger partial charge in [-0.2, -0.15) is 9.78 Å². The van der Waals surface area contributed by atoms with Gasteiger partial charge in [0.15, 0.2) is 5.69 Å². The minimum Gasteiger partial charge on any atom is -0.494 e. The van der Waals surface area contributed by atoms with E-state index in [0.717, 1.165) is 17.0 Å². The largest absolute Gasteiger partial charge is 0.494 e. The van der Waals surface area contributed by atoms with Gasteiger partial charge in [0, 0.05) is 15.6 Å². The molecule has 6 nitrogen and oxygen atoms in total. The number of carbonyl (C=O) groups excluding carboxylic acids is 1. The van der Waals surface area contributed by atoms with Crippen LogP contribution in [0.15, 0.2) is 34.4 Å². The Balaban J connectivity index is 2.13. The normalized spacial score (nSPS) is 11.6. The van der Waals surface area contributed by atoms with E-state index in [0.29, 0.717) is 23.1 Å². The number of nitrogens with zero attached hydrogens (tertiary/aromatic N) is 2. The summed E-state index contributed by atoms with van der Waals surface area (Å²) in [6, 6.07) is 7.09. The lowest BCUT2D eigenvalue weighted by molar-refractivity contribution is 0.00634. The first-order valence-corrected chi connectivity index (χ1v) is 10.1. The van der Waals surface area contributed by atoms with Gasteiger partial charge in [0.05, 0.1) is 17.7 Å². The highest BCUT2D eigenvalue weighted by atomic mass is 32.1. The number of esters is 1. The Morgan fingerprint density at radius 3 is 2.50 bits per heavy atom. The van der Waals surface area contributed by atoms with Crippen molar-refractivity contribution in [3.8, 4) is 11.4 Å². The van der Waals surface area contributed by atoms with Gasteiger partial charge in [0.25, 0.3) is 5.56 Å². The maximum absolute atomic E-state index is 13.1.